The third-order valence-electron chi connectivity index (χ3n) is 5.90. The smallest absolute Gasteiger partial charge is 0.227 e. The quantitative estimate of drug-likeness (QED) is 0.448. The number of nitrogens with one attached hydrogen (secondary N) is 1. The van der Waals surface area contributed by atoms with Crippen LogP contribution in [-0.2, 0) is 17.9 Å². The summed E-state index contributed by atoms with van der Waals surface area (Å²) in [7, 11) is 0. The number of amides is 1. The maximum Gasteiger partial charge on any atom is 0.227 e. The molecule has 7 heteroatoms. The van der Waals surface area contributed by atoms with Crippen molar-refractivity contribution >= 4 is 11.7 Å². The fraction of sp³-hybridized carbons (Fsp3) is 0.192. The van der Waals surface area contributed by atoms with Crippen LogP contribution in [0.1, 0.15) is 36.1 Å². The highest BCUT2D eigenvalue weighted by Gasteiger charge is 2.27. The third kappa shape index (κ3) is 4.22. The summed E-state index contributed by atoms with van der Waals surface area (Å²) >= 11 is 0. The van der Waals surface area contributed by atoms with Gasteiger partial charge in [0.2, 0.25) is 5.91 Å². The second-order valence-electron chi connectivity index (χ2n) is 8.04. The van der Waals surface area contributed by atoms with E-state index in [0.717, 1.165) is 22.4 Å². The fourth-order valence-corrected chi connectivity index (χ4v) is 4.11. The van der Waals surface area contributed by atoms with Crippen molar-refractivity contribution in [2.45, 2.75) is 32.4 Å². The molecule has 0 aliphatic carbocycles. The number of hydrogen-bond donors (Lipinski definition) is 1. The van der Waals surface area contributed by atoms with Crippen molar-refractivity contribution in [3.63, 3.8) is 0 Å². The lowest BCUT2D eigenvalue weighted by Crippen LogP contribution is -2.24. The Hall–Kier alpha value is -4.00. The highest BCUT2D eigenvalue weighted by atomic mass is 19.1. The zero-order valence-corrected chi connectivity index (χ0v) is 18.2. The molecule has 0 saturated heterocycles. The number of benzene rings is 2. The van der Waals surface area contributed by atoms with E-state index in [9.17, 15) is 4.79 Å². The number of ether oxygens (including phenoxy) is 1. The minimum Gasteiger partial charge on any atom is -0.487 e. The number of hydrogen-bond acceptors (Lipinski definition) is 4. The Morgan fingerprint density at radius 1 is 1.15 bits per heavy atom. The highest BCUT2D eigenvalue weighted by molar-refractivity contribution is 5.92. The van der Waals surface area contributed by atoms with Crippen molar-refractivity contribution in [2.75, 3.05) is 5.32 Å². The molecule has 1 atom stereocenters. The van der Waals surface area contributed by atoms with E-state index in [-0.39, 0.29) is 24.2 Å². The van der Waals surface area contributed by atoms with Gasteiger partial charge in [-0.2, -0.15) is 5.10 Å². The summed E-state index contributed by atoms with van der Waals surface area (Å²) in [6.45, 7) is 2.70. The predicted octanol–water partition coefficient (Wildman–Crippen LogP) is 5.16. The summed E-state index contributed by atoms with van der Waals surface area (Å²) in [6, 6.07) is 18.4. The SMILES string of the molecule is CC(c1ccc(-c2ccccc2)c(F)c1)c1nn2c(c1COc1cccnc1)NC(=O)CC2. The van der Waals surface area contributed by atoms with Crippen LogP contribution in [0.2, 0.25) is 0 Å². The molecule has 166 valence electrons. The van der Waals surface area contributed by atoms with Crippen LogP contribution in [0, 0.1) is 5.82 Å². The average molecular weight is 442 g/mol. The van der Waals surface area contributed by atoms with Crippen LogP contribution in [0.3, 0.4) is 0 Å². The number of carbonyl (C=O) groups excluding carboxylic acids is 1. The first-order chi connectivity index (χ1) is 16.1. The second-order valence-corrected chi connectivity index (χ2v) is 8.04. The van der Waals surface area contributed by atoms with Crippen LogP contribution in [0.15, 0.2) is 73.1 Å². The molecule has 0 bridgehead atoms. The fourth-order valence-electron chi connectivity index (χ4n) is 4.11. The van der Waals surface area contributed by atoms with E-state index >= 15 is 4.39 Å². The van der Waals surface area contributed by atoms with Gasteiger partial charge >= 0.3 is 0 Å². The average Bonchev–Trinajstić information content (AvgIpc) is 3.21. The van der Waals surface area contributed by atoms with E-state index in [4.69, 9.17) is 9.84 Å². The molecule has 0 saturated carbocycles. The van der Waals surface area contributed by atoms with E-state index in [2.05, 4.69) is 10.3 Å². The van der Waals surface area contributed by atoms with E-state index in [1.807, 2.05) is 49.4 Å². The summed E-state index contributed by atoms with van der Waals surface area (Å²) in [5, 5.41) is 7.69. The number of aromatic nitrogens is 3. The summed E-state index contributed by atoms with van der Waals surface area (Å²) in [5.41, 5.74) is 3.73. The van der Waals surface area contributed by atoms with Gasteiger partial charge in [0.1, 0.15) is 24.0 Å². The Bertz CT molecular complexity index is 1290. The van der Waals surface area contributed by atoms with E-state index in [1.54, 1.807) is 35.3 Å². The molecule has 0 spiro atoms. The van der Waals surface area contributed by atoms with Gasteiger partial charge in [-0.25, -0.2) is 9.07 Å². The lowest BCUT2D eigenvalue weighted by Gasteiger charge is -2.16. The number of fused-ring (bicyclic) bond motifs is 1. The van der Waals surface area contributed by atoms with Crippen molar-refractivity contribution in [2.24, 2.45) is 0 Å². The molecule has 1 aliphatic heterocycles. The van der Waals surface area contributed by atoms with E-state index in [1.165, 1.54) is 0 Å². The summed E-state index contributed by atoms with van der Waals surface area (Å²) in [6.07, 6.45) is 3.68. The van der Waals surface area contributed by atoms with Crippen LogP contribution in [0.5, 0.6) is 5.75 Å². The molecule has 3 heterocycles. The van der Waals surface area contributed by atoms with Crippen molar-refractivity contribution in [3.05, 3.63) is 95.7 Å². The lowest BCUT2D eigenvalue weighted by molar-refractivity contribution is -0.116. The summed E-state index contributed by atoms with van der Waals surface area (Å²) < 4.78 is 22.8. The normalized spacial score (nSPS) is 13.8. The topological polar surface area (TPSA) is 69.0 Å². The minimum atomic E-state index is -0.281. The van der Waals surface area contributed by atoms with Crippen molar-refractivity contribution in [1.29, 1.82) is 0 Å². The minimum absolute atomic E-state index is 0.0533. The molecule has 6 nitrogen and oxygen atoms in total. The monoisotopic (exact) mass is 442 g/mol. The molecule has 0 radical (unpaired) electrons. The molecule has 33 heavy (non-hydrogen) atoms. The Labute approximate surface area is 191 Å². The maximum absolute atomic E-state index is 15.0. The molecular formula is C26H23FN4O2. The summed E-state index contributed by atoms with van der Waals surface area (Å²) in [5.74, 6) is 0.722. The second kappa shape index (κ2) is 8.86. The lowest BCUT2D eigenvalue weighted by atomic mass is 9.93. The standard InChI is InChI=1S/C26H23FN4O2/c1-17(19-9-10-21(23(27)14-19)18-6-3-2-4-7-18)25-22(16-33-20-8-5-12-28-15-20)26-29-24(32)11-13-31(26)30-25/h2-10,12,14-15,17H,11,13,16H2,1H3,(H,29,32). The van der Waals surface area contributed by atoms with Crippen LogP contribution in [-0.4, -0.2) is 20.7 Å². The number of aryl methyl sites for hydroxylation is 1. The molecule has 0 fully saturated rings. The van der Waals surface area contributed by atoms with Gasteiger partial charge in [-0.05, 0) is 29.3 Å². The molecule has 1 unspecified atom stereocenters. The van der Waals surface area contributed by atoms with E-state index in [0.29, 0.717) is 30.1 Å². The number of anilines is 1. The number of nitrogens with zero attached hydrogens (tertiary/aromatic N) is 3. The highest BCUT2D eigenvalue weighted by Crippen LogP contribution is 2.34. The van der Waals surface area contributed by atoms with Crippen LogP contribution >= 0.6 is 0 Å². The molecule has 2 aromatic heterocycles. The van der Waals surface area contributed by atoms with Crippen LogP contribution in [0.4, 0.5) is 10.2 Å². The van der Waals surface area contributed by atoms with Gasteiger partial charge in [-0.15, -0.1) is 0 Å². The maximum atomic E-state index is 15.0. The van der Waals surface area contributed by atoms with Gasteiger partial charge < -0.3 is 10.1 Å². The van der Waals surface area contributed by atoms with E-state index < -0.39 is 0 Å². The molecule has 4 aromatic rings. The third-order valence-corrected chi connectivity index (χ3v) is 5.90. The first kappa shape index (κ1) is 20.9. The number of pyridine rings is 1. The Balaban J connectivity index is 1.49. The Morgan fingerprint density at radius 2 is 2.00 bits per heavy atom. The first-order valence-electron chi connectivity index (χ1n) is 10.9. The molecule has 1 aliphatic rings. The van der Waals surface area contributed by atoms with Crippen LogP contribution in [0.25, 0.3) is 11.1 Å². The van der Waals surface area contributed by atoms with Gasteiger partial charge in [0.25, 0.3) is 0 Å². The number of carbonyl (C=O) groups is 1. The predicted molar refractivity (Wildman–Crippen MR) is 123 cm³/mol. The molecular weight excluding hydrogens is 419 g/mol. The first-order valence-corrected chi connectivity index (χ1v) is 10.9. The Kier molecular flexibility index (Phi) is 5.60. The zero-order valence-electron chi connectivity index (χ0n) is 18.2. The zero-order chi connectivity index (χ0) is 22.8. The Morgan fingerprint density at radius 3 is 2.76 bits per heavy atom. The number of rotatable bonds is 6. The van der Waals surface area contributed by atoms with Crippen molar-refractivity contribution in [3.8, 4) is 16.9 Å². The largest absolute Gasteiger partial charge is 0.487 e. The van der Waals surface area contributed by atoms with Gasteiger partial charge in [-0.1, -0.05) is 49.4 Å². The molecule has 1 amide bonds. The van der Waals surface area contributed by atoms with Crippen LogP contribution < -0.4 is 10.1 Å². The summed E-state index contributed by atoms with van der Waals surface area (Å²) in [4.78, 5) is 16.1. The molecule has 5 rings (SSSR count). The molecule has 1 N–H and O–H groups in total. The van der Waals surface area contributed by atoms with Crippen molar-refractivity contribution < 1.29 is 13.9 Å². The van der Waals surface area contributed by atoms with Gasteiger partial charge in [0.15, 0.2) is 0 Å². The van der Waals surface area contributed by atoms with Gasteiger partial charge in [0.05, 0.1) is 24.0 Å². The van der Waals surface area contributed by atoms with Crippen molar-refractivity contribution in [1.82, 2.24) is 14.8 Å². The molecule has 2 aromatic carbocycles. The number of halogens is 1. The van der Waals surface area contributed by atoms with Gasteiger partial charge in [-0.3, -0.25) is 9.78 Å². The van der Waals surface area contributed by atoms with Gasteiger partial charge in [0, 0.05) is 24.1 Å².